The zero-order valence-electron chi connectivity index (χ0n) is 25.3. The molecule has 9 nitrogen and oxygen atoms in total. The molecule has 2 heterocycles. The van der Waals surface area contributed by atoms with Crippen molar-refractivity contribution in [1.82, 2.24) is 15.2 Å². The fourth-order valence-electron chi connectivity index (χ4n) is 5.03. The number of halogens is 2. The molecular weight excluding hydrogens is 589 g/mol. The predicted molar refractivity (Wildman–Crippen MR) is 175 cm³/mol. The van der Waals surface area contributed by atoms with E-state index in [0.717, 1.165) is 18.4 Å². The number of ether oxygens (including phenoxy) is 1. The molecule has 0 saturated carbocycles. The number of rotatable bonds is 11. The van der Waals surface area contributed by atoms with Crippen LogP contribution in [0.15, 0.2) is 73.1 Å². The molecule has 0 fully saturated rings. The summed E-state index contributed by atoms with van der Waals surface area (Å²) in [6.45, 7) is 4.94. The van der Waals surface area contributed by atoms with Gasteiger partial charge in [0.15, 0.2) is 0 Å². The van der Waals surface area contributed by atoms with Crippen LogP contribution in [0.1, 0.15) is 36.2 Å². The Morgan fingerprint density at radius 3 is 2.23 bits per heavy atom. The third-order valence-corrected chi connectivity index (χ3v) is 7.56. The lowest BCUT2D eigenvalue weighted by atomic mass is 9.90. The first-order chi connectivity index (χ1) is 19.6. The first kappa shape index (κ1) is 35.5. The number of amides is 3. The number of aromatic nitrogens is 1. The average Bonchev–Trinajstić information content (AvgIpc) is 3.03. The summed E-state index contributed by atoms with van der Waals surface area (Å²) in [5, 5.41) is 3.59. The number of hydrogen-bond acceptors (Lipinski definition) is 6. The second kappa shape index (κ2) is 15.7. The number of hydrogen-bond donors (Lipinski definition) is 1. The second-order valence-corrected chi connectivity index (χ2v) is 10.9. The zero-order valence-corrected chi connectivity index (χ0v) is 26.9. The third kappa shape index (κ3) is 8.46. The van der Waals surface area contributed by atoms with Gasteiger partial charge in [-0.2, -0.15) is 0 Å². The molecule has 0 bridgehead atoms. The van der Waals surface area contributed by atoms with Crippen LogP contribution in [-0.4, -0.2) is 74.5 Å². The van der Waals surface area contributed by atoms with E-state index >= 15 is 0 Å². The highest BCUT2D eigenvalue weighted by atomic mass is 35.5. The van der Waals surface area contributed by atoms with Crippen LogP contribution in [-0.2, 0) is 16.0 Å². The van der Waals surface area contributed by atoms with Crippen LogP contribution in [0.4, 0.5) is 11.4 Å². The maximum atomic E-state index is 13.0. The molecule has 1 aromatic heterocycles. The largest absolute Gasteiger partial charge is 0.493 e. The summed E-state index contributed by atoms with van der Waals surface area (Å²) in [5.41, 5.74) is 1.96. The Bertz CT molecular complexity index is 1370. The summed E-state index contributed by atoms with van der Waals surface area (Å²) in [5.74, 6) is 0.106. The van der Waals surface area contributed by atoms with Gasteiger partial charge in [-0.1, -0.05) is 18.2 Å². The number of carbonyl (C=O) groups is 3. The number of pyridine rings is 1. The summed E-state index contributed by atoms with van der Waals surface area (Å²) >= 11 is 0. The highest BCUT2D eigenvalue weighted by molar-refractivity contribution is 6.19. The van der Waals surface area contributed by atoms with Gasteiger partial charge in [0.2, 0.25) is 11.8 Å². The molecule has 43 heavy (non-hydrogen) atoms. The molecule has 1 atom stereocenters. The number of benzene rings is 2. The number of anilines is 2. The van der Waals surface area contributed by atoms with E-state index in [4.69, 9.17) is 4.74 Å². The zero-order chi connectivity index (χ0) is 29.6. The fraction of sp³-hybridized carbons (Fsp3) is 0.375. The Morgan fingerprint density at radius 2 is 1.58 bits per heavy atom. The Kier molecular flexibility index (Phi) is 13.0. The summed E-state index contributed by atoms with van der Waals surface area (Å²) in [4.78, 5) is 47.6. The van der Waals surface area contributed by atoms with E-state index in [1.54, 1.807) is 45.2 Å². The summed E-state index contributed by atoms with van der Waals surface area (Å²) in [6, 6.07) is 18.8. The molecule has 2 aromatic carbocycles. The van der Waals surface area contributed by atoms with E-state index in [1.165, 1.54) is 9.80 Å². The Balaban J connectivity index is 0.00000323. The maximum Gasteiger partial charge on any atom is 0.253 e. The minimum atomic E-state index is -1.16. The topological polar surface area (TPSA) is 95.1 Å². The molecule has 1 aliphatic heterocycles. The van der Waals surface area contributed by atoms with Gasteiger partial charge in [-0.15, -0.1) is 24.8 Å². The van der Waals surface area contributed by atoms with Crippen LogP contribution in [0, 0.1) is 5.41 Å². The minimum Gasteiger partial charge on any atom is -0.493 e. The van der Waals surface area contributed by atoms with Crippen molar-refractivity contribution in [3.05, 3.63) is 84.2 Å². The SMILES string of the molecule is CN(CCNC(CCOc1ccc2c(c1)N(C)C(=O)C(C)(C)C(=O)N2C)Cc1ccncc1)C(=O)c1ccccc1.Cl.Cl. The average molecular weight is 631 g/mol. The van der Waals surface area contributed by atoms with Gasteiger partial charge in [0.1, 0.15) is 11.2 Å². The Morgan fingerprint density at radius 1 is 0.953 bits per heavy atom. The van der Waals surface area contributed by atoms with Gasteiger partial charge in [-0.25, -0.2) is 0 Å². The van der Waals surface area contributed by atoms with Crippen LogP contribution in [0.2, 0.25) is 0 Å². The quantitative estimate of drug-likeness (QED) is 0.311. The lowest BCUT2D eigenvalue weighted by Gasteiger charge is -2.25. The Hall–Kier alpha value is -3.66. The van der Waals surface area contributed by atoms with Crippen molar-refractivity contribution in [3.63, 3.8) is 0 Å². The lowest BCUT2D eigenvalue weighted by molar-refractivity contribution is -0.137. The first-order valence-electron chi connectivity index (χ1n) is 13.9. The molecule has 0 spiro atoms. The molecule has 0 saturated heterocycles. The molecule has 1 N–H and O–H groups in total. The number of nitrogens with one attached hydrogen (secondary N) is 1. The maximum absolute atomic E-state index is 13.0. The summed E-state index contributed by atoms with van der Waals surface area (Å²) in [7, 11) is 5.19. The number of fused-ring (bicyclic) bond motifs is 1. The van der Waals surface area contributed by atoms with Crippen molar-refractivity contribution in [2.45, 2.75) is 32.7 Å². The second-order valence-electron chi connectivity index (χ2n) is 10.9. The van der Waals surface area contributed by atoms with E-state index in [1.807, 2.05) is 67.7 Å². The van der Waals surface area contributed by atoms with E-state index < -0.39 is 5.41 Å². The number of nitrogens with zero attached hydrogens (tertiary/aromatic N) is 4. The number of carbonyl (C=O) groups excluding carboxylic acids is 3. The minimum absolute atomic E-state index is 0. The van der Waals surface area contributed by atoms with Gasteiger partial charge < -0.3 is 24.8 Å². The van der Waals surface area contributed by atoms with Gasteiger partial charge >= 0.3 is 0 Å². The smallest absolute Gasteiger partial charge is 0.253 e. The third-order valence-electron chi connectivity index (χ3n) is 7.56. The van der Waals surface area contributed by atoms with Crippen LogP contribution in [0.3, 0.4) is 0 Å². The van der Waals surface area contributed by atoms with Gasteiger partial charge in [-0.3, -0.25) is 19.4 Å². The molecule has 11 heteroatoms. The van der Waals surface area contributed by atoms with E-state index in [0.29, 0.717) is 42.4 Å². The van der Waals surface area contributed by atoms with Crippen molar-refractivity contribution in [1.29, 1.82) is 0 Å². The van der Waals surface area contributed by atoms with Crippen LogP contribution in [0.5, 0.6) is 5.75 Å². The van der Waals surface area contributed by atoms with Crippen LogP contribution < -0.4 is 19.9 Å². The van der Waals surface area contributed by atoms with E-state index in [2.05, 4.69) is 10.3 Å². The van der Waals surface area contributed by atoms with Crippen molar-refractivity contribution >= 4 is 53.9 Å². The van der Waals surface area contributed by atoms with Gasteiger partial charge in [0.05, 0.1) is 18.0 Å². The standard InChI is InChI=1S/C32H39N5O4.2ClH/c1-32(2)30(39)36(4)27-12-11-26(22-28(27)37(5)31(32)40)41-20-15-25(21-23-13-16-33-17-14-23)34-18-19-35(3)29(38)24-9-7-6-8-10-24;;/h6-14,16-17,22,25,34H,15,18-21H2,1-5H3;2*1H. The first-order valence-corrected chi connectivity index (χ1v) is 13.9. The number of likely N-dealkylation sites (N-methyl/N-ethyl adjacent to an activating group) is 1. The molecule has 1 unspecified atom stereocenters. The van der Waals surface area contributed by atoms with Gasteiger partial charge in [0.25, 0.3) is 5.91 Å². The molecule has 4 rings (SSSR count). The summed E-state index contributed by atoms with van der Waals surface area (Å²) in [6.07, 6.45) is 5.07. The monoisotopic (exact) mass is 629 g/mol. The summed E-state index contributed by atoms with van der Waals surface area (Å²) < 4.78 is 6.14. The predicted octanol–water partition coefficient (Wildman–Crippen LogP) is 4.63. The van der Waals surface area contributed by atoms with Crippen LogP contribution in [0.25, 0.3) is 0 Å². The van der Waals surface area contributed by atoms with E-state index in [-0.39, 0.29) is 48.6 Å². The normalized spacial score (nSPS) is 14.5. The van der Waals surface area contributed by atoms with Gasteiger partial charge in [0, 0.05) is 64.3 Å². The highest BCUT2D eigenvalue weighted by Gasteiger charge is 2.44. The lowest BCUT2D eigenvalue weighted by Crippen LogP contribution is -2.46. The molecule has 0 radical (unpaired) electrons. The van der Waals surface area contributed by atoms with Crippen molar-refractivity contribution in [2.24, 2.45) is 5.41 Å². The van der Waals surface area contributed by atoms with Gasteiger partial charge in [-0.05, 0) is 68.7 Å². The van der Waals surface area contributed by atoms with Crippen molar-refractivity contribution in [3.8, 4) is 5.75 Å². The molecular formula is C32H41Cl2N5O4. The molecule has 3 amide bonds. The molecule has 3 aromatic rings. The Labute approximate surface area is 266 Å². The van der Waals surface area contributed by atoms with Crippen molar-refractivity contribution < 1.29 is 19.1 Å². The fourth-order valence-corrected chi connectivity index (χ4v) is 5.03. The van der Waals surface area contributed by atoms with Crippen molar-refractivity contribution in [2.75, 3.05) is 50.6 Å². The highest BCUT2D eigenvalue weighted by Crippen LogP contribution is 2.39. The van der Waals surface area contributed by atoms with Crippen LogP contribution >= 0.6 is 24.8 Å². The molecule has 232 valence electrons. The molecule has 1 aliphatic rings. The van der Waals surface area contributed by atoms with E-state index in [9.17, 15) is 14.4 Å². The molecule has 0 aliphatic carbocycles.